The van der Waals surface area contributed by atoms with Gasteiger partial charge in [-0.3, -0.25) is 0 Å². The Kier molecular flexibility index (Phi) is 2.17. The summed E-state index contributed by atoms with van der Waals surface area (Å²) in [6.07, 6.45) is 1.59. The number of nitrogens with two attached hydrogens (primary N) is 1. The van der Waals surface area contributed by atoms with Crippen LogP contribution in [0.4, 0.5) is 5.69 Å². The van der Waals surface area contributed by atoms with Gasteiger partial charge < -0.3 is 10.5 Å². The van der Waals surface area contributed by atoms with Gasteiger partial charge in [0.05, 0.1) is 5.69 Å². The van der Waals surface area contributed by atoms with E-state index in [0.717, 1.165) is 5.55 Å². The van der Waals surface area contributed by atoms with E-state index in [2.05, 4.69) is 17.2 Å². The molecule has 4 heteroatoms. The molecule has 52 valence electrons. The Balaban J connectivity index is 2.91. The number of nitrogen functional groups attached to an aromatic ring is 1. The molecule has 1 rings (SSSR count). The summed E-state index contributed by atoms with van der Waals surface area (Å²) in [6.45, 7) is 0. The molecule has 0 atom stereocenters. The molecule has 0 aliphatic rings. The third kappa shape index (κ3) is 1.41. The fraction of sp³-hybridized carbons (Fsp3) is 0. The van der Waals surface area contributed by atoms with Crippen molar-refractivity contribution in [3.05, 3.63) is 18.3 Å². The molecule has 0 amide bonds. The van der Waals surface area contributed by atoms with E-state index in [1.54, 1.807) is 18.3 Å². The Bertz CT molecular complexity index is 239. The number of thiocarbonyl (C=S) groups is 1. The molecule has 0 bridgehead atoms. The number of hydrogen-bond acceptors (Lipinski definition) is 4. The normalized spacial score (nSPS) is 8.80. The van der Waals surface area contributed by atoms with Crippen molar-refractivity contribution in [2.24, 2.45) is 0 Å². The lowest BCUT2D eigenvalue weighted by Crippen LogP contribution is -1.95. The zero-order chi connectivity index (χ0) is 7.40. The van der Waals surface area contributed by atoms with Gasteiger partial charge in [-0.15, -0.1) is 0 Å². The average Bonchev–Trinajstić information content (AvgIpc) is 1.94. The van der Waals surface area contributed by atoms with Crippen LogP contribution in [0.1, 0.15) is 0 Å². The monoisotopic (exact) mass is 154 g/mol. The van der Waals surface area contributed by atoms with Crippen LogP contribution in [-0.2, 0) is 0 Å². The Morgan fingerprint density at radius 3 is 3.10 bits per heavy atom. The Morgan fingerprint density at radius 2 is 2.50 bits per heavy atom. The summed E-state index contributed by atoms with van der Waals surface area (Å²) in [7, 11) is 0. The van der Waals surface area contributed by atoms with Crippen molar-refractivity contribution in [2.45, 2.75) is 0 Å². The van der Waals surface area contributed by atoms with Crippen LogP contribution in [0.3, 0.4) is 0 Å². The summed E-state index contributed by atoms with van der Waals surface area (Å²) < 4.78 is 4.79. The van der Waals surface area contributed by atoms with Gasteiger partial charge in [0.1, 0.15) is 0 Å². The van der Waals surface area contributed by atoms with Gasteiger partial charge in [0.15, 0.2) is 5.55 Å². The van der Waals surface area contributed by atoms with Crippen molar-refractivity contribution in [3.8, 4) is 5.88 Å². The van der Waals surface area contributed by atoms with E-state index >= 15 is 0 Å². The van der Waals surface area contributed by atoms with Gasteiger partial charge in [0.2, 0.25) is 5.88 Å². The molecule has 1 heterocycles. The third-order valence-electron chi connectivity index (χ3n) is 0.960. The standard InChI is InChI=1S/C6H6N2OS/c7-5-2-1-3-8-6(5)9-4-10/h1-4H,7H2. The molecule has 0 fully saturated rings. The second kappa shape index (κ2) is 3.12. The lowest BCUT2D eigenvalue weighted by molar-refractivity contribution is 0.563. The van der Waals surface area contributed by atoms with Crippen LogP contribution >= 0.6 is 12.2 Å². The molecule has 0 aromatic carbocycles. The van der Waals surface area contributed by atoms with Crippen molar-refractivity contribution in [2.75, 3.05) is 5.73 Å². The summed E-state index contributed by atoms with van der Waals surface area (Å²) >= 11 is 4.45. The maximum Gasteiger partial charge on any atom is 0.242 e. The van der Waals surface area contributed by atoms with Crippen molar-refractivity contribution in [3.63, 3.8) is 0 Å². The maximum absolute atomic E-state index is 5.45. The summed E-state index contributed by atoms with van der Waals surface area (Å²) in [5.74, 6) is 0.359. The predicted molar refractivity (Wildman–Crippen MR) is 42.9 cm³/mol. The Morgan fingerprint density at radius 1 is 1.70 bits per heavy atom. The quantitative estimate of drug-likeness (QED) is 0.645. The van der Waals surface area contributed by atoms with E-state index in [1.807, 2.05) is 0 Å². The highest BCUT2D eigenvalue weighted by molar-refractivity contribution is 7.78. The van der Waals surface area contributed by atoms with Crippen LogP contribution in [0.5, 0.6) is 5.88 Å². The molecule has 0 aliphatic heterocycles. The van der Waals surface area contributed by atoms with Crippen LogP contribution in [0.15, 0.2) is 18.3 Å². The zero-order valence-electron chi connectivity index (χ0n) is 5.15. The molecule has 0 spiro atoms. The largest absolute Gasteiger partial charge is 0.433 e. The van der Waals surface area contributed by atoms with E-state index in [0.29, 0.717) is 11.6 Å². The molecule has 0 unspecified atom stereocenters. The second-order valence-corrected chi connectivity index (χ2v) is 1.80. The Labute approximate surface area is 63.8 Å². The minimum absolute atomic E-state index is 0.359. The fourth-order valence-corrected chi connectivity index (χ4v) is 0.638. The molecule has 1 aromatic rings. The van der Waals surface area contributed by atoms with Crippen molar-refractivity contribution >= 4 is 23.5 Å². The Hall–Kier alpha value is -1.16. The predicted octanol–water partition coefficient (Wildman–Crippen LogP) is 1.000. The van der Waals surface area contributed by atoms with E-state index < -0.39 is 0 Å². The first kappa shape index (κ1) is 6.95. The van der Waals surface area contributed by atoms with Gasteiger partial charge in [-0.05, 0) is 24.4 Å². The SMILES string of the molecule is Nc1cccnc1OC=S. The molecule has 2 N–H and O–H groups in total. The maximum atomic E-state index is 5.45. The summed E-state index contributed by atoms with van der Waals surface area (Å²) in [4.78, 5) is 3.82. The molecule has 3 nitrogen and oxygen atoms in total. The number of aromatic nitrogens is 1. The van der Waals surface area contributed by atoms with Crippen LogP contribution in [0.25, 0.3) is 0 Å². The minimum atomic E-state index is 0.359. The number of nitrogens with zero attached hydrogens (tertiary/aromatic N) is 1. The van der Waals surface area contributed by atoms with Gasteiger partial charge in [0, 0.05) is 6.20 Å². The molecule has 10 heavy (non-hydrogen) atoms. The van der Waals surface area contributed by atoms with Gasteiger partial charge >= 0.3 is 0 Å². The minimum Gasteiger partial charge on any atom is -0.433 e. The van der Waals surface area contributed by atoms with Crippen molar-refractivity contribution in [1.82, 2.24) is 4.98 Å². The summed E-state index contributed by atoms with van der Waals surface area (Å²) in [6, 6.07) is 3.42. The number of anilines is 1. The summed E-state index contributed by atoms with van der Waals surface area (Å²) in [5, 5.41) is 0. The van der Waals surface area contributed by atoms with Crippen LogP contribution in [-0.4, -0.2) is 10.5 Å². The van der Waals surface area contributed by atoms with Crippen LogP contribution in [0.2, 0.25) is 0 Å². The number of ether oxygens (including phenoxy) is 1. The van der Waals surface area contributed by atoms with Crippen molar-refractivity contribution < 1.29 is 4.74 Å². The van der Waals surface area contributed by atoms with Gasteiger partial charge in [-0.2, -0.15) is 0 Å². The number of hydrogen-bond donors (Lipinski definition) is 1. The van der Waals surface area contributed by atoms with E-state index in [9.17, 15) is 0 Å². The van der Waals surface area contributed by atoms with Gasteiger partial charge in [-0.1, -0.05) is 0 Å². The first-order valence-electron chi connectivity index (χ1n) is 2.65. The molecular weight excluding hydrogens is 148 g/mol. The molecule has 1 aromatic heterocycles. The first-order chi connectivity index (χ1) is 4.84. The van der Waals surface area contributed by atoms with Gasteiger partial charge in [0.25, 0.3) is 0 Å². The topological polar surface area (TPSA) is 48.1 Å². The zero-order valence-corrected chi connectivity index (χ0v) is 5.97. The highest BCUT2D eigenvalue weighted by Crippen LogP contribution is 2.14. The van der Waals surface area contributed by atoms with Gasteiger partial charge in [-0.25, -0.2) is 4.98 Å². The molecule has 0 saturated carbocycles. The van der Waals surface area contributed by atoms with Crippen LogP contribution in [0, 0.1) is 0 Å². The van der Waals surface area contributed by atoms with E-state index in [-0.39, 0.29) is 0 Å². The highest BCUT2D eigenvalue weighted by atomic mass is 32.1. The van der Waals surface area contributed by atoms with E-state index in [4.69, 9.17) is 10.5 Å². The average molecular weight is 154 g/mol. The highest BCUT2D eigenvalue weighted by Gasteiger charge is 1.95. The summed E-state index contributed by atoms with van der Waals surface area (Å²) in [5.41, 5.74) is 7.07. The first-order valence-corrected chi connectivity index (χ1v) is 3.12. The molecule has 0 saturated heterocycles. The molecule has 0 aliphatic carbocycles. The smallest absolute Gasteiger partial charge is 0.242 e. The van der Waals surface area contributed by atoms with Crippen LogP contribution < -0.4 is 10.5 Å². The molecular formula is C6H6N2OS. The lowest BCUT2D eigenvalue weighted by atomic mass is 10.4. The third-order valence-corrected chi connectivity index (χ3v) is 1.06. The van der Waals surface area contributed by atoms with Crippen molar-refractivity contribution in [1.29, 1.82) is 0 Å². The number of rotatable bonds is 2. The second-order valence-electron chi connectivity index (χ2n) is 1.61. The van der Waals surface area contributed by atoms with E-state index in [1.165, 1.54) is 0 Å². The fourth-order valence-electron chi connectivity index (χ4n) is 0.547. The lowest BCUT2D eigenvalue weighted by Gasteiger charge is -1.98. The number of pyridine rings is 1. The molecule has 0 radical (unpaired) electrons.